The lowest BCUT2D eigenvalue weighted by Crippen LogP contribution is -2.37. The van der Waals surface area contributed by atoms with Gasteiger partial charge >= 0.3 is 0 Å². The number of nitrogens with zero attached hydrogens (tertiary/aromatic N) is 1. The summed E-state index contributed by atoms with van der Waals surface area (Å²) in [6, 6.07) is 13.5. The van der Waals surface area contributed by atoms with E-state index in [0.29, 0.717) is 11.5 Å². The van der Waals surface area contributed by atoms with Crippen LogP contribution in [0.15, 0.2) is 48.7 Å². The number of hydrogen-bond acceptors (Lipinski definition) is 3. The van der Waals surface area contributed by atoms with Gasteiger partial charge in [-0.2, -0.15) is 0 Å². The lowest BCUT2D eigenvalue weighted by Gasteiger charge is -2.28. The van der Waals surface area contributed by atoms with Gasteiger partial charge < -0.3 is 11.1 Å². The molecule has 0 bridgehead atoms. The molecule has 0 radical (unpaired) electrons. The molecule has 1 heterocycles. The van der Waals surface area contributed by atoms with Crippen molar-refractivity contribution in [3.63, 3.8) is 0 Å². The number of benzene rings is 1. The molecule has 4 heteroatoms. The Labute approximate surface area is 124 Å². The Morgan fingerprint density at radius 1 is 1.10 bits per heavy atom. The highest BCUT2D eigenvalue weighted by Gasteiger charge is 2.42. The molecule has 1 aliphatic carbocycles. The molecule has 0 atom stereocenters. The minimum atomic E-state index is -0.414. The topological polar surface area (TPSA) is 68.0 Å². The number of aromatic nitrogens is 1. The van der Waals surface area contributed by atoms with Crippen LogP contribution in [0.2, 0.25) is 0 Å². The van der Waals surface area contributed by atoms with Crippen LogP contribution in [0.3, 0.4) is 0 Å². The molecular formula is C17H19N3O. The number of rotatable bonds is 3. The van der Waals surface area contributed by atoms with Crippen molar-refractivity contribution in [2.24, 2.45) is 0 Å². The monoisotopic (exact) mass is 281 g/mol. The van der Waals surface area contributed by atoms with Crippen molar-refractivity contribution < 1.29 is 4.79 Å². The third kappa shape index (κ3) is 2.61. The highest BCUT2D eigenvalue weighted by Crippen LogP contribution is 2.41. The maximum atomic E-state index is 12.9. The van der Waals surface area contributed by atoms with E-state index in [2.05, 4.69) is 10.3 Å². The second-order valence-corrected chi connectivity index (χ2v) is 5.58. The normalized spacial score (nSPS) is 16.6. The number of nitrogen functional groups attached to an aromatic ring is 1. The first-order valence-corrected chi connectivity index (χ1v) is 7.29. The SMILES string of the molecule is Nc1ccc(NC(=O)C2(c3ccccc3)CCCC2)cn1. The lowest BCUT2D eigenvalue weighted by molar-refractivity contribution is -0.121. The zero-order valence-corrected chi connectivity index (χ0v) is 11.9. The van der Waals surface area contributed by atoms with Gasteiger partial charge in [-0.3, -0.25) is 4.79 Å². The largest absolute Gasteiger partial charge is 0.384 e. The van der Waals surface area contributed by atoms with Crippen molar-refractivity contribution in [1.82, 2.24) is 4.98 Å². The van der Waals surface area contributed by atoms with Gasteiger partial charge in [0.15, 0.2) is 0 Å². The second-order valence-electron chi connectivity index (χ2n) is 5.58. The summed E-state index contributed by atoms with van der Waals surface area (Å²) in [7, 11) is 0. The Kier molecular flexibility index (Phi) is 3.60. The molecule has 108 valence electrons. The van der Waals surface area contributed by atoms with Crippen LogP contribution in [0, 0.1) is 0 Å². The smallest absolute Gasteiger partial charge is 0.235 e. The van der Waals surface area contributed by atoms with Crippen LogP contribution in [0.1, 0.15) is 31.2 Å². The first-order chi connectivity index (χ1) is 10.2. The summed E-state index contributed by atoms with van der Waals surface area (Å²) < 4.78 is 0. The summed E-state index contributed by atoms with van der Waals surface area (Å²) >= 11 is 0. The minimum Gasteiger partial charge on any atom is -0.384 e. The van der Waals surface area contributed by atoms with Gasteiger partial charge in [0, 0.05) is 0 Å². The maximum absolute atomic E-state index is 12.9. The number of nitrogens with two attached hydrogens (primary N) is 1. The summed E-state index contributed by atoms with van der Waals surface area (Å²) in [6.45, 7) is 0. The van der Waals surface area contributed by atoms with E-state index in [4.69, 9.17) is 5.73 Å². The van der Waals surface area contributed by atoms with E-state index >= 15 is 0 Å². The molecule has 3 rings (SSSR count). The zero-order chi connectivity index (χ0) is 14.7. The molecule has 21 heavy (non-hydrogen) atoms. The molecule has 0 unspecified atom stereocenters. The summed E-state index contributed by atoms with van der Waals surface area (Å²) in [5.41, 5.74) is 6.95. The van der Waals surface area contributed by atoms with E-state index in [9.17, 15) is 4.79 Å². The van der Waals surface area contributed by atoms with Gasteiger partial charge in [-0.25, -0.2) is 4.98 Å². The van der Waals surface area contributed by atoms with Crippen LogP contribution in [0.25, 0.3) is 0 Å². The van der Waals surface area contributed by atoms with Crippen LogP contribution in [-0.2, 0) is 10.2 Å². The highest BCUT2D eigenvalue weighted by atomic mass is 16.2. The third-order valence-electron chi connectivity index (χ3n) is 4.26. The minimum absolute atomic E-state index is 0.0535. The molecule has 0 aliphatic heterocycles. The van der Waals surface area contributed by atoms with Crippen LogP contribution in [-0.4, -0.2) is 10.9 Å². The molecule has 1 aromatic heterocycles. The van der Waals surface area contributed by atoms with Crippen molar-refractivity contribution in [2.45, 2.75) is 31.1 Å². The maximum Gasteiger partial charge on any atom is 0.235 e. The van der Waals surface area contributed by atoms with E-state index in [-0.39, 0.29) is 5.91 Å². The number of carbonyl (C=O) groups excluding carboxylic acids is 1. The first-order valence-electron chi connectivity index (χ1n) is 7.29. The third-order valence-corrected chi connectivity index (χ3v) is 4.26. The van der Waals surface area contributed by atoms with Gasteiger partial charge in [0.1, 0.15) is 5.82 Å². The zero-order valence-electron chi connectivity index (χ0n) is 11.9. The van der Waals surface area contributed by atoms with Crippen LogP contribution in [0.4, 0.5) is 11.5 Å². The molecule has 1 aromatic carbocycles. The van der Waals surface area contributed by atoms with E-state index < -0.39 is 5.41 Å². The van der Waals surface area contributed by atoms with Crippen molar-refractivity contribution in [3.05, 3.63) is 54.2 Å². The number of pyridine rings is 1. The quantitative estimate of drug-likeness (QED) is 0.908. The van der Waals surface area contributed by atoms with E-state index in [1.165, 1.54) is 0 Å². The Morgan fingerprint density at radius 2 is 1.81 bits per heavy atom. The van der Waals surface area contributed by atoms with Crippen molar-refractivity contribution in [3.8, 4) is 0 Å². The molecule has 0 saturated heterocycles. The van der Waals surface area contributed by atoms with E-state index in [0.717, 1.165) is 31.2 Å². The standard InChI is InChI=1S/C17H19N3O/c18-15-9-8-14(12-19-15)20-16(21)17(10-4-5-11-17)13-6-2-1-3-7-13/h1-3,6-9,12H,4-5,10-11H2,(H2,18,19)(H,20,21). The van der Waals surface area contributed by atoms with Crippen LogP contribution < -0.4 is 11.1 Å². The van der Waals surface area contributed by atoms with Crippen molar-refractivity contribution >= 4 is 17.4 Å². The van der Waals surface area contributed by atoms with Crippen molar-refractivity contribution in [1.29, 1.82) is 0 Å². The molecule has 1 aliphatic rings. The molecule has 2 aromatic rings. The Balaban J connectivity index is 1.87. The Hall–Kier alpha value is -2.36. The molecule has 1 fully saturated rings. The fourth-order valence-electron chi connectivity index (χ4n) is 3.11. The first kappa shape index (κ1) is 13.6. The summed E-state index contributed by atoms with van der Waals surface area (Å²) in [5, 5.41) is 2.99. The number of hydrogen-bond donors (Lipinski definition) is 2. The summed E-state index contributed by atoms with van der Waals surface area (Å²) in [6.07, 6.45) is 5.56. The molecular weight excluding hydrogens is 262 g/mol. The lowest BCUT2D eigenvalue weighted by atomic mass is 9.78. The Bertz CT molecular complexity index is 616. The van der Waals surface area contributed by atoms with Crippen LogP contribution in [0.5, 0.6) is 0 Å². The van der Waals surface area contributed by atoms with Gasteiger partial charge in [-0.15, -0.1) is 0 Å². The fraction of sp³-hybridized carbons (Fsp3) is 0.294. The summed E-state index contributed by atoms with van der Waals surface area (Å²) in [5.74, 6) is 0.504. The summed E-state index contributed by atoms with van der Waals surface area (Å²) in [4.78, 5) is 16.9. The predicted molar refractivity (Wildman–Crippen MR) is 83.9 cm³/mol. The number of amides is 1. The predicted octanol–water partition coefficient (Wildman–Crippen LogP) is 3.11. The highest BCUT2D eigenvalue weighted by molar-refractivity contribution is 5.99. The van der Waals surface area contributed by atoms with Gasteiger partial charge in [0.25, 0.3) is 0 Å². The molecule has 4 nitrogen and oxygen atoms in total. The van der Waals surface area contributed by atoms with Crippen molar-refractivity contribution in [2.75, 3.05) is 11.1 Å². The number of carbonyl (C=O) groups is 1. The Morgan fingerprint density at radius 3 is 2.43 bits per heavy atom. The average molecular weight is 281 g/mol. The molecule has 1 amide bonds. The van der Waals surface area contributed by atoms with Gasteiger partial charge in [0.2, 0.25) is 5.91 Å². The molecule has 0 spiro atoms. The van der Waals surface area contributed by atoms with E-state index in [1.54, 1.807) is 18.3 Å². The fourth-order valence-corrected chi connectivity index (χ4v) is 3.11. The van der Waals surface area contributed by atoms with E-state index in [1.807, 2.05) is 30.3 Å². The van der Waals surface area contributed by atoms with Gasteiger partial charge in [-0.1, -0.05) is 43.2 Å². The number of anilines is 2. The van der Waals surface area contributed by atoms with Gasteiger partial charge in [-0.05, 0) is 30.5 Å². The average Bonchev–Trinajstić information content (AvgIpc) is 3.01. The molecule has 3 N–H and O–H groups in total. The van der Waals surface area contributed by atoms with Crippen LogP contribution >= 0.6 is 0 Å². The number of nitrogens with one attached hydrogen (secondary N) is 1. The second kappa shape index (κ2) is 5.56. The molecule has 1 saturated carbocycles. The van der Waals surface area contributed by atoms with Gasteiger partial charge in [0.05, 0.1) is 17.3 Å².